The fourth-order valence-corrected chi connectivity index (χ4v) is 2.81. The Morgan fingerprint density at radius 3 is 2.86 bits per heavy atom. The van der Waals surface area contributed by atoms with Crippen LogP contribution < -0.4 is 0 Å². The molecule has 2 aromatic rings. The summed E-state index contributed by atoms with van der Waals surface area (Å²) < 4.78 is 2.30. The number of fused-ring (bicyclic) bond motifs is 1. The van der Waals surface area contributed by atoms with Gasteiger partial charge in [-0.15, -0.1) is 11.3 Å². The number of rotatable bonds is 3. The van der Waals surface area contributed by atoms with Gasteiger partial charge in [0.1, 0.15) is 0 Å². The number of hydrogen-bond acceptors (Lipinski definition) is 2. The molecule has 0 aliphatic carbocycles. The van der Waals surface area contributed by atoms with Crippen LogP contribution in [-0.2, 0) is 12.8 Å². The largest absolute Gasteiger partial charge is 0.292 e. The van der Waals surface area contributed by atoms with E-state index in [4.69, 9.17) is 0 Å². The molecule has 0 bridgehead atoms. The molecule has 0 amide bonds. The first-order chi connectivity index (χ1) is 6.77. The molecule has 0 radical (unpaired) electrons. The standard InChI is InChI=1S/C11H16N2S/c1-4-6-9-10(5-2)13-8(3)7-14-11(13)12-9/h7H,4-6H2,1-3H3. The fraction of sp³-hybridized carbons (Fsp3) is 0.545. The summed E-state index contributed by atoms with van der Waals surface area (Å²) in [5.41, 5.74) is 4.02. The molecular formula is C11H16N2S. The zero-order valence-electron chi connectivity index (χ0n) is 9.00. The van der Waals surface area contributed by atoms with E-state index in [1.54, 1.807) is 11.3 Å². The van der Waals surface area contributed by atoms with Crippen molar-refractivity contribution in [3.63, 3.8) is 0 Å². The van der Waals surface area contributed by atoms with Crippen LogP contribution in [-0.4, -0.2) is 9.38 Å². The van der Waals surface area contributed by atoms with Crippen molar-refractivity contribution in [3.05, 3.63) is 22.5 Å². The molecular weight excluding hydrogens is 192 g/mol. The average molecular weight is 208 g/mol. The molecule has 0 N–H and O–H groups in total. The third-order valence-corrected chi connectivity index (χ3v) is 3.48. The van der Waals surface area contributed by atoms with Crippen LogP contribution in [0.3, 0.4) is 0 Å². The first-order valence-electron chi connectivity index (χ1n) is 5.22. The minimum Gasteiger partial charge on any atom is -0.292 e. The quantitative estimate of drug-likeness (QED) is 0.757. The van der Waals surface area contributed by atoms with Crippen molar-refractivity contribution in [2.45, 2.75) is 40.0 Å². The molecule has 0 aliphatic rings. The van der Waals surface area contributed by atoms with Crippen LogP contribution in [0.25, 0.3) is 4.96 Å². The molecule has 2 rings (SSSR count). The van der Waals surface area contributed by atoms with Crippen LogP contribution in [0.15, 0.2) is 5.38 Å². The van der Waals surface area contributed by atoms with Crippen molar-refractivity contribution in [2.24, 2.45) is 0 Å². The van der Waals surface area contributed by atoms with Gasteiger partial charge in [0, 0.05) is 16.8 Å². The van der Waals surface area contributed by atoms with Crippen molar-refractivity contribution in [1.82, 2.24) is 9.38 Å². The molecule has 0 fully saturated rings. The van der Waals surface area contributed by atoms with Crippen molar-refractivity contribution in [1.29, 1.82) is 0 Å². The van der Waals surface area contributed by atoms with Crippen LogP contribution in [0.1, 0.15) is 37.4 Å². The Morgan fingerprint density at radius 1 is 1.43 bits per heavy atom. The molecule has 2 nitrogen and oxygen atoms in total. The molecule has 0 spiro atoms. The van der Waals surface area contributed by atoms with Crippen LogP contribution in [0, 0.1) is 6.92 Å². The second kappa shape index (κ2) is 3.73. The Labute approximate surface area is 88.6 Å². The van der Waals surface area contributed by atoms with Gasteiger partial charge in [-0.1, -0.05) is 20.3 Å². The van der Waals surface area contributed by atoms with Crippen molar-refractivity contribution in [2.75, 3.05) is 0 Å². The van der Waals surface area contributed by atoms with Gasteiger partial charge in [0.05, 0.1) is 5.69 Å². The second-order valence-electron chi connectivity index (χ2n) is 3.60. The summed E-state index contributed by atoms with van der Waals surface area (Å²) in [7, 11) is 0. The maximum absolute atomic E-state index is 4.68. The monoisotopic (exact) mass is 208 g/mol. The van der Waals surface area contributed by atoms with Gasteiger partial charge in [0.15, 0.2) is 4.96 Å². The van der Waals surface area contributed by atoms with E-state index in [2.05, 4.69) is 35.5 Å². The highest BCUT2D eigenvalue weighted by Gasteiger charge is 2.12. The van der Waals surface area contributed by atoms with Gasteiger partial charge < -0.3 is 0 Å². The van der Waals surface area contributed by atoms with Gasteiger partial charge in [-0.2, -0.15) is 0 Å². The lowest BCUT2D eigenvalue weighted by Gasteiger charge is -2.00. The van der Waals surface area contributed by atoms with E-state index in [1.165, 1.54) is 23.5 Å². The lowest BCUT2D eigenvalue weighted by molar-refractivity contribution is 0.856. The Kier molecular flexibility index (Phi) is 2.59. The maximum atomic E-state index is 4.68. The average Bonchev–Trinajstić information content (AvgIpc) is 2.67. The topological polar surface area (TPSA) is 17.3 Å². The first kappa shape index (κ1) is 9.71. The summed E-state index contributed by atoms with van der Waals surface area (Å²) in [4.78, 5) is 5.83. The minimum atomic E-state index is 1.08. The molecule has 2 aromatic heterocycles. The molecule has 2 heterocycles. The van der Waals surface area contributed by atoms with Crippen LogP contribution in [0.5, 0.6) is 0 Å². The summed E-state index contributed by atoms with van der Waals surface area (Å²) in [6, 6.07) is 0. The smallest absolute Gasteiger partial charge is 0.194 e. The van der Waals surface area contributed by atoms with Crippen LogP contribution in [0.2, 0.25) is 0 Å². The minimum absolute atomic E-state index is 1.08. The fourth-order valence-electron chi connectivity index (χ4n) is 1.91. The normalized spacial score (nSPS) is 11.4. The van der Waals surface area contributed by atoms with E-state index >= 15 is 0 Å². The summed E-state index contributed by atoms with van der Waals surface area (Å²) >= 11 is 1.74. The number of aryl methyl sites for hydroxylation is 3. The number of hydrogen-bond donors (Lipinski definition) is 0. The summed E-state index contributed by atoms with van der Waals surface area (Å²) in [5.74, 6) is 0. The van der Waals surface area contributed by atoms with E-state index in [-0.39, 0.29) is 0 Å². The van der Waals surface area contributed by atoms with Crippen molar-refractivity contribution in [3.8, 4) is 0 Å². The molecule has 3 heteroatoms. The maximum Gasteiger partial charge on any atom is 0.194 e. The Bertz CT molecular complexity index is 439. The SMILES string of the molecule is CCCc1nc2scc(C)n2c1CC. The van der Waals surface area contributed by atoms with Gasteiger partial charge in [0.25, 0.3) is 0 Å². The van der Waals surface area contributed by atoms with Crippen molar-refractivity contribution >= 4 is 16.3 Å². The highest BCUT2D eigenvalue weighted by Crippen LogP contribution is 2.21. The van der Waals surface area contributed by atoms with Crippen LogP contribution >= 0.6 is 11.3 Å². The van der Waals surface area contributed by atoms with E-state index < -0.39 is 0 Å². The molecule has 0 atom stereocenters. The third-order valence-electron chi connectivity index (χ3n) is 2.53. The molecule has 0 aromatic carbocycles. The lowest BCUT2D eigenvalue weighted by Crippen LogP contribution is -1.95. The number of nitrogens with zero attached hydrogens (tertiary/aromatic N) is 2. The molecule has 0 aliphatic heterocycles. The Balaban J connectivity index is 2.61. The predicted molar refractivity (Wildman–Crippen MR) is 61.2 cm³/mol. The zero-order chi connectivity index (χ0) is 10.1. The van der Waals surface area contributed by atoms with Gasteiger partial charge in [-0.05, 0) is 19.8 Å². The first-order valence-corrected chi connectivity index (χ1v) is 6.10. The lowest BCUT2D eigenvalue weighted by atomic mass is 10.2. The van der Waals surface area contributed by atoms with Crippen molar-refractivity contribution < 1.29 is 0 Å². The molecule has 76 valence electrons. The Morgan fingerprint density at radius 2 is 2.21 bits per heavy atom. The second-order valence-corrected chi connectivity index (χ2v) is 4.44. The van der Waals surface area contributed by atoms with Gasteiger partial charge in [0.2, 0.25) is 0 Å². The highest BCUT2D eigenvalue weighted by molar-refractivity contribution is 7.15. The van der Waals surface area contributed by atoms with E-state index in [1.807, 2.05) is 0 Å². The van der Waals surface area contributed by atoms with E-state index in [0.29, 0.717) is 0 Å². The van der Waals surface area contributed by atoms with E-state index in [9.17, 15) is 0 Å². The van der Waals surface area contributed by atoms with Gasteiger partial charge in [-0.25, -0.2) is 4.98 Å². The molecule has 0 saturated heterocycles. The highest BCUT2D eigenvalue weighted by atomic mass is 32.1. The third kappa shape index (κ3) is 1.36. The number of aromatic nitrogens is 2. The molecule has 0 saturated carbocycles. The van der Waals surface area contributed by atoms with Crippen LogP contribution in [0.4, 0.5) is 0 Å². The molecule has 14 heavy (non-hydrogen) atoms. The van der Waals surface area contributed by atoms with Gasteiger partial charge in [-0.3, -0.25) is 4.40 Å². The summed E-state index contributed by atoms with van der Waals surface area (Å²) in [6.45, 7) is 6.57. The predicted octanol–water partition coefficient (Wildman–Crippen LogP) is 3.22. The van der Waals surface area contributed by atoms with Gasteiger partial charge >= 0.3 is 0 Å². The van der Waals surface area contributed by atoms with E-state index in [0.717, 1.165) is 17.8 Å². The molecule has 0 unspecified atom stereocenters. The zero-order valence-corrected chi connectivity index (χ0v) is 9.82. The summed E-state index contributed by atoms with van der Waals surface area (Å²) in [5, 5.41) is 2.18. The Hall–Kier alpha value is -0.830. The number of thiazole rings is 1. The summed E-state index contributed by atoms with van der Waals surface area (Å²) in [6.07, 6.45) is 3.36. The number of imidazole rings is 1.